The number of benzene rings is 2. The van der Waals surface area contributed by atoms with E-state index in [2.05, 4.69) is 0 Å². The first-order valence-corrected chi connectivity index (χ1v) is 9.37. The van der Waals surface area contributed by atoms with Crippen molar-refractivity contribution >= 4 is 40.3 Å². The molecule has 2 aromatic rings. The third kappa shape index (κ3) is 5.31. The predicted octanol–water partition coefficient (Wildman–Crippen LogP) is 4.12. The summed E-state index contributed by atoms with van der Waals surface area (Å²) in [5.41, 5.74) is 0.758. The molecule has 0 spiro atoms. The van der Waals surface area contributed by atoms with E-state index in [-0.39, 0.29) is 17.4 Å². The lowest BCUT2D eigenvalue weighted by Gasteiger charge is -2.16. The van der Waals surface area contributed by atoms with Gasteiger partial charge in [-0.2, -0.15) is 0 Å². The second-order valence-corrected chi connectivity index (χ2v) is 7.57. The molecule has 0 aliphatic carbocycles. The van der Waals surface area contributed by atoms with Gasteiger partial charge in [0.05, 0.1) is 10.0 Å². The molecule has 24 heavy (non-hydrogen) atoms. The van der Waals surface area contributed by atoms with Gasteiger partial charge in [0, 0.05) is 25.7 Å². The lowest BCUT2D eigenvalue weighted by Crippen LogP contribution is -2.29. The van der Waals surface area contributed by atoms with Crippen molar-refractivity contribution < 1.29 is 14.1 Å². The summed E-state index contributed by atoms with van der Waals surface area (Å²) in [6.45, 7) is 0. The molecule has 0 aliphatic rings. The van der Waals surface area contributed by atoms with Crippen molar-refractivity contribution in [3.63, 3.8) is 0 Å². The highest BCUT2D eigenvalue weighted by Crippen LogP contribution is 2.31. The Kier molecular flexibility index (Phi) is 6.80. The molecule has 0 N–H and O–H groups in total. The number of carbonyl (C=O) groups is 1. The number of rotatable bonds is 6. The summed E-state index contributed by atoms with van der Waals surface area (Å²) in [5.74, 6) is 1.15. The molecule has 0 heterocycles. The summed E-state index contributed by atoms with van der Waals surface area (Å²) in [4.78, 5) is 13.1. The van der Waals surface area contributed by atoms with Crippen molar-refractivity contribution in [1.82, 2.24) is 4.90 Å². The van der Waals surface area contributed by atoms with Gasteiger partial charge in [0.2, 0.25) is 0 Å². The van der Waals surface area contributed by atoms with E-state index < -0.39 is 11.2 Å². The molecule has 0 saturated carbocycles. The van der Waals surface area contributed by atoms with E-state index in [0.29, 0.717) is 21.5 Å². The monoisotopic (exact) mass is 385 g/mol. The van der Waals surface area contributed by atoms with Crippen molar-refractivity contribution in [2.24, 2.45) is 0 Å². The van der Waals surface area contributed by atoms with Crippen LogP contribution in [0.2, 0.25) is 10.0 Å². The quantitative estimate of drug-likeness (QED) is 0.702. The second kappa shape index (κ2) is 8.62. The predicted molar refractivity (Wildman–Crippen MR) is 98.4 cm³/mol. The first kappa shape index (κ1) is 18.9. The highest BCUT2D eigenvalue weighted by atomic mass is 35.5. The van der Waals surface area contributed by atoms with Gasteiger partial charge in [-0.05, 0) is 29.4 Å². The molecular weight excluding hydrogens is 369 g/mol. The molecule has 7 heteroatoms. The fraction of sp³-hybridized carbons (Fsp3) is 0.235. The number of para-hydroxylation sites is 1. The van der Waals surface area contributed by atoms with Gasteiger partial charge in [-0.25, -0.2) is 0 Å². The van der Waals surface area contributed by atoms with Crippen LogP contribution in [0.25, 0.3) is 0 Å². The molecule has 0 saturated heterocycles. The number of hydrogen-bond donors (Lipinski definition) is 0. The molecule has 2 aromatic carbocycles. The van der Waals surface area contributed by atoms with Crippen molar-refractivity contribution in [1.29, 1.82) is 0 Å². The van der Waals surface area contributed by atoms with E-state index in [0.717, 1.165) is 5.56 Å². The maximum Gasteiger partial charge on any atom is 0.271 e. The highest BCUT2D eigenvalue weighted by Gasteiger charge is 2.18. The van der Waals surface area contributed by atoms with E-state index in [9.17, 15) is 9.35 Å². The lowest BCUT2D eigenvalue weighted by molar-refractivity contribution is -0.125. The zero-order chi connectivity index (χ0) is 17.7. The lowest BCUT2D eigenvalue weighted by atomic mass is 10.2. The molecule has 0 aromatic heterocycles. The molecular formula is C17H17Cl2NO3S. The molecule has 2 rings (SSSR count). The van der Waals surface area contributed by atoms with E-state index in [1.54, 1.807) is 38.4 Å². The first-order chi connectivity index (χ1) is 11.4. The Hall–Kier alpha value is -1.40. The Morgan fingerprint density at radius 2 is 1.88 bits per heavy atom. The van der Waals surface area contributed by atoms with Crippen molar-refractivity contribution in [2.45, 2.75) is 5.75 Å². The Balaban J connectivity index is 2.12. The molecule has 128 valence electrons. The standard InChI is InChI=1S/C17H17Cl2NO3S/c1-20(2)17(21)11-24(22)10-12-5-3-4-6-16(12)23-13-7-8-14(18)15(19)9-13/h3-9H,10-11H2,1-2H3. The summed E-state index contributed by atoms with van der Waals surface area (Å²) in [5, 5.41) is 0.840. The van der Waals surface area contributed by atoms with Crippen molar-refractivity contribution in [2.75, 3.05) is 19.8 Å². The zero-order valence-electron chi connectivity index (χ0n) is 13.3. The first-order valence-electron chi connectivity index (χ1n) is 7.12. The number of carbonyl (C=O) groups excluding carboxylic acids is 1. The third-order valence-corrected chi connectivity index (χ3v) is 5.13. The fourth-order valence-corrected chi connectivity index (χ4v) is 3.39. The molecule has 1 atom stereocenters. The normalized spacial score (nSPS) is 11.9. The number of amides is 1. The SMILES string of the molecule is CN(C)C(=O)C[S+]([O-])Cc1ccccc1Oc1ccc(Cl)c(Cl)c1. The second-order valence-electron chi connectivity index (χ2n) is 5.30. The molecule has 1 unspecified atom stereocenters. The van der Waals surface area contributed by atoms with Gasteiger partial charge in [0.1, 0.15) is 17.3 Å². The molecule has 4 nitrogen and oxygen atoms in total. The number of hydrogen-bond acceptors (Lipinski definition) is 3. The topological polar surface area (TPSA) is 52.6 Å². The number of ether oxygens (including phenoxy) is 1. The van der Waals surface area contributed by atoms with Gasteiger partial charge in [0.15, 0.2) is 5.75 Å². The van der Waals surface area contributed by atoms with Crippen LogP contribution in [-0.4, -0.2) is 35.2 Å². The van der Waals surface area contributed by atoms with Gasteiger partial charge in [-0.3, -0.25) is 4.79 Å². The van der Waals surface area contributed by atoms with Crippen LogP contribution in [0.3, 0.4) is 0 Å². The van der Waals surface area contributed by atoms with Gasteiger partial charge >= 0.3 is 0 Å². The van der Waals surface area contributed by atoms with Crippen molar-refractivity contribution in [3.8, 4) is 11.5 Å². The van der Waals surface area contributed by atoms with Crippen molar-refractivity contribution in [3.05, 3.63) is 58.1 Å². The van der Waals surface area contributed by atoms with Crippen LogP contribution in [-0.2, 0) is 21.7 Å². The minimum Gasteiger partial charge on any atom is -0.616 e. The average Bonchev–Trinajstić information content (AvgIpc) is 2.52. The van der Waals surface area contributed by atoms with Crippen LogP contribution >= 0.6 is 23.2 Å². The van der Waals surface area contributed by atoms with Crippen LogP contribution < -0.4 is 4.74 Å². The smallest absolute Gasteiger partial charge is 0.271 e. The van der Waals surface area contributed by atoms with Crippen LogP contribution in [0.15, 0.2) is 42.5 Å². The molecule has 0 fully saturated rings. The maximum absolute atomic E-state index is 12.2. The highest BCUT2D eigenvalue weighted by molar-refractivity contribution is 7.91. The zero-order valence-corrected chi connectivity index (χ0v) is 15.6. The van der Waals surface area contributed by atoms with Crippen LogP contribution in [0.4, 0.5) is 0 Å². The molecule has 0 bridgehead atoms. The molecule has 0 radical (unpaired) electrons. The fourth-order valence-electron chi connectivity index (χ4n) is 1.88. The van der Waals surface area contributed by atoms with E-state index in [1.165, 1.54) is 4.90 Å². The van der Waals surface area contributed by atoms with Crippen LogP contribution in [0, 0.1) is 0 Å². The van der Waals surface area contributed by atoms with Crippen LogP contribution in [0.5, 0.6) is 11.5 Å². The largest absolute Gasteiger partial charge is 0.616 e. The van der Waals surface area contributed by atoms with Crippen LogP contribution in [0.1, 0.15) is 5.56 Å². The summed E-state index contributed by atoms with van der Waals surface area (Å²) in [7, 11) is 3.28. The van der Waals surface area contributed by atoms with Gasteiger partial charge in [0.25, 0.3) is 5.91 Å². The van der Waals surface area contributed by atoms with E-state index in [1.807, 2.05) is 18.2 Å². The van der Waals surface area contributed by atoms with E-state index >= 15 is 0 Å². The minimum atomic E-state index is -1.32. The Morgan fingerprint density at radius 3 is 2.54 bits per heavy atom. The average molecular weight is 386 g/mol. The van der Waals surface area contributed by atoms with Gasteiger partial charge < -0.3 is 14.2 Å². The number of halogens is 2. The van der Waals surface area contributed by atoms with Gasteiger partial charge in [-0.1, -0.05) is 41.4 Å². The summed E-state index contributed by atoms with van der Waals surface area (Å²) in [6.07, 6.45) is 0. The number of nitrogens with zero attached hydrogens (tertiary/aromatic N) is 1. The Labute approximate surface area is 154 Å². The maximum atomic E-state index is 12.2. The molecule has 1 amide bonds. The minimum absolute atomic E-state index is 0.0197. The Bertz CT molecular complexity index is 725. The molecule has 0 aliphatic heterocycles. The summed E-state index contributed by atoms with van der Waals surface area (Å²) >= 11 is 10.6. The summed E-state index contributed by atoms with van der Waals surface area (Å²) in [6, 6.07) is 12.2. The van der Waals surface area contributed by atoms with E-state index in [4.69, 9.17) is 27.9 Å². The van der Waals surface area contributed by atoms with Gasteiger partial charge in [-0.15, -0.1) is 0 Å². The Morgan fingerprint density at radius 1 is 1.17 bits per heavy atom. The summed E-state index contributed by atoms with van der Waals surface area (Å²) < 4.78 is 18.0. The third-order valence-electron chi connectivity index (χ3n) is 3.19.